The Labute approximate surface area is 73.8 Å². The Kier molecular flexibility index (Phi) is 1.35. The second kappa shape index (κ2) is 2.01. The average molecular weight is 164 g/mol. The molecule has 2 atom stereocenters. The predicted octanol–water partition coefficient (Wildman–Crippen LogP) is 2.57. The van der Waals surface area contributed by atoms with Gasteiger partial charge in [-0.2, -0.15) is 0 Å². The largest absolute Gasteiger partial charge is 0.295 e. The third-order valence-electron chi connectivity index (χ3n) is 3.73. The summed E-state index contributed by atoms with van der Waals surface area (Å²) in [6, 6.07) is 0. The molecular formula is C11H16O. The summed E-state index contributed by atoms with van der Waals surface area (Å²) in [5.41, 5.74) is 2.90. The third kappa shape index (κ3) is 0.769. The molecule has 0 aromatic rings. The molecule has 0 aromatic carbocycles. The van der Waals surface area contributed by atoms with E-state index in [1.807, 2.05) is 0 Å². The zero-order chi connectivity index (χ0) is 9.09. The third-order valence-corrected chi connectivity index (χ3v) is 3.73. The summed E-state index contributed by atoms with van der Waals surface area (Å²) in [5, 5.41) is 0. The van der Waals surface area contributed by atoms with Gasteiger partial charge in [0.25, 0.3) is 0 Å². The van der Waals surface area contributed by atoms with Crippen molar-refractivity contribution >= 4 is 5.78 Å². The number of fused-ring (bicyclic) bond motifs is 1. The fourth-order valence-electron chi connectivity index (χ4n) is 2.92. The predicted molar refractivity (Wildman–Crippen MR) is 48.8 cm³/mol. The van der Waals surface area contributed by atoms with Gasteiger partial charge in [0.2, 0.25) is 0 Å². The summed E-state index contributed by atoms with van der Waals surface area (Å²) in [4.78, 5) is 11.3. The lowest BCUT2D eigenvalue weighted by Gasteiger charge is -2.10. The van der Waals surface area contributed by atoms with E-state index in [0.717, 1.165) is 17.9 Å². The number of allylic oxidation sites excluding steroid dienone is 2. The maximum Gasteiger partial charge on any atom is 0.156 e. The van der Waals surface area contributed by atoms with Gasteiger partial charge in [0.15, 0.2) is 5.78 Å². The van der Waals surface area contributed by atoms with Crippen LogP contribution in [0.4, 0.5) is 0 Å². The molecule has 66 valence electrons. The lowest BCUT2D eigenvalue weighted by atomic mass is 9.94. The molecular weight excluding hydrogens is 148 g/mol. The van der Waals surface area contributed by atoms with E-state index in [2.05, 4.69) is 20.8 Å². The van der Waals surface area contributed by atoms with E-state index in [1.165, 1.54) is 5.57 Å². The van der Waals surface area contributed by atoms with Crippen LogP contribution in [0.5, 0.6) is 0 Å². The summed E-state index contributed by atoms with van der Waals surface area (Å²) >= 11 is 0. The van der Waals surface area contributed by atoms with E-state index >= 15 is 0 Å². The van der Waals surface area contributed by atoms with Gasteiger partial charge < -0.3 is 0 Å². The molecule has 1 fully saturated rings. The van der Waals surface area contributed by atoms with Crippen LogP contribution in [0.2, 0.25) is 0 Å². The van der Waals surface area contributed by atoms with Crippen molar-refractivity contribution in [2.24, 2.45) is 17.3 Å². The first kappa shape index (κ1) is 8.03. The van der Waals surface area contributed by atoms with Gasteiger partial charge in [-0.25, -0.2) is 0 Å². The highest BCUT2D eigenvalue weighted by Gasteiger charge is 2.62. The highest BCUT2D eigenvalue weighted by molar-refractivity contribution is 5.96. The molecule has 2 aliphatic rings. The van der Waals surface area contributed by atoms with Gasteiger partial charge in [-0.1, -0.05) is 19.4 Å². The maximum atomic E-state index is 11.3. The fourth-order valence-corrected chi connectivity index (χ4v) is 2.92. The molecule has 1 heteroatoms. The Bertz CT molecular complexity index is 283. The highest BCUT2D eigenvalue weighted by Crippen LogP contribution is 2.68. The van der Waals surface area contributed by atoms with Crippen LogP contribution in [0.1, 0.15) is 34.1 Å². The van der Waals surface area contributed by atoms with Crippen LogP contribution < -0.4 is 0 Å². The molecule has 0 heterocycles. The van der Waals surface area contributed by atoms with Gasteiger partial charge in [-0.15, -0.1) is 0 Å². The molecule has 0 aliphatic heterocycles. The van der Waals surface area contributed by atoms with E-state index in [-0.39, 0.29) is 0 Å². The molecule has 12 heavy (non-hydrogen) atoms. The topological polar surface area (TPSA) is 17.1 Å². The minimum Gasteiger partial charge on any atom is -0.295 e. The van der Waals surface area contributed by atoms with Gasteiger partial charge in [0, 0.05) is 0 Å². The van der Waals surface area contributed by atoms with Crippen LogP contribution in [0.15, 0.2) is 11.1 Å². The standard InChI is InChI=1S/C11H16O/c1-6-5-8-10(11(8,3)4)9(6)7(2)12/h8,10H,5H2,1-4H3. The Hall–Kier alpha value is -0.590. The van der Waals surface area contributed by atoms with Crippen LogP contribution in [0, 0.1) is 17.3 Å². The Morgan fingerprint density at radius 2 is 2.08 bits per heavy atom. The first-order chi connectivity index (χ1) is 5.46. The van der Waals surface area contributed by atoms with Gasteiger partial charge in [-0.05, 0) is 43.1 Å². The molecule has 0 saturated heterocycles. The number of carbonyl (C=O) groups excluding carboxylic acids is 1. The number of rotatable bonds is 1. The second-order valence-electron chi connectivity index (χ2n) is 4.86. The zero-order valence-electron chi connectivity index (χ0n) is 8.27. The molecule has 0 amide bonds. The summed E-state index contributed by atoms with van der Waals surface area (Å²) in [7, 11) is 0. The van der Waals surface area contributed by atoms with Crippen molar-refractivity contribution in [3.05, 3.63) is 11.1 Å². The van der Waals surface area contributed by atoms with Crippen molar-refractivity contribution in [1.82, 2.24) is 0 Å². The Morgan fingerprint density at radius 3 is 2.42 bits per heavy atom. The monoisotopic (exact) mass is 164 g/mol. The number of hydrogen-bond donors (Lipinski definition) is 0. The smallest absolute Gasteiger partial charge is 0.156 e. The Balaban J connectivity index is 2.33. The van der Waals surface area contributed by atoms with E-state index in [0.29, 0.717) is 17.1 Å². The number of carbonyl (C=O) groups is 1. The minimum absolute atomic E-state index is 0.297. The molecule has 2 unspecified atom stereocenters. The summed E-state index contributed by atoms with van der Waals surface area (Å²) in [5.74, 6) is 1.66. The summed E-state index contributed by atoms with van der Waals surface area (Å²) < 4.78 is 0. The van der Waals surface area contributed by atoms with Crippen molar-refractivity contribution in [2.45, 2.75) is 34.1 Å². The molecule has 2 rings (SSSR count). The summed E-state index contributed by atoms with van der Waals surface area (Å²) in [6.07, 6.45) is 1.16. The quantitative estimate of drug-likeness (QED) is 0.582. The van der Waals surface area contributed by atoms with Crippen molar-refractivity contribution < 1.29 is 4.79 Å². The van der Waals surface area contributed by atoms with Crippen LogP contribution in [-0.4, -0.2) is 5.78 Å². The van der Waals surface area contributed by atoms with E-state index in [9.17, 15) is 4.79 Å². The second-order valence-corrected chi connectivity index (χ2v) is 4.86. The summed E-state index contributed by atoms with van der Waals surface area (Å²) in [6.45, 7) is 8.37. The normalized spacial score (nSPS) is 36.7. The molecule has 0 N–H and O–H groups in total. The van der Waals surface area contributed by atoms with Crippen LogP contribution >= 0.6 is 0 Å². The van der Waals surface area contributed by atoms with Gasteiger partial charge in [0.1, 0.15) is 0 Å². The zero-order valence-corrected chi connectivity index (χ0v) is 8.27. The van der Waals surface area contributed by atoms with Crippen molar-refractivity contribution in [1.29, 1.82) is 0 Å². The Morgan fingerprint density at radius 1 is 1.50 bits per heavy atom. The van der Waals surface area contributed by atoms with E-state index in [1.54, 1.807) is 6.92 Å². The average Bonchev–Trinajstić information content (AvgIpc) is 2.40. The van der Waals surface area contributed by atoms with Gasteiger partial charge in [0.05, 0.1) is 0 Å². The highest BCUT2D eigenvalue weighted by atomic mass is 16.1. The number of Topliss-reactive ketones (excluding diaryl/α,β-unsaturated/α-hetero) is 1. The maximum absolute atomic E-state index is 11.3. The van der Waals surface area contributed by atoms with Gasteiger partial charge in [-0.3, -0.25) is 4.79 Å². The van der Waals surface area contributed by atoms with Crippen LogP contribution in [0.3, 0.4) is 0 Å². The SMILES string of the molecule is CC(=O)C1=C(C)CC2C1C2(C)C. The van der Waals surface area contributed by atoms with E-state index in [4.69, 9.17) is 0 Å². The molecule has 0 spiro atoms. The van der Waals surface area contributed by atoms with Gasteiger partial charge >= 0.3 is 0 Å². The van der Waals surface area contributed by atoms with Crippen LogP contribution in [0.25, 0.3) is 0 Å². The number of hydrogen-bond acceptors (Lipinski definition) is 1. The number of ketones is 1. The van der Waals surface area contributed by atoms with Crippen LogP contribution in [-0.2, 0) is 4.79 Å². The van der Waals surface area contributed by atoms with Crippen molar-refractivity contribution in [3.63, 3.8) is 0 Å². The molecule has 1 nitrogen and oxygen atoms in total. The molecule has 0 aromatic heterocycles. The first-order valence-corrected chi connectivity index (χ1v) is 4.67. The lowest BCUT2D eigenvalue weighted by molar-refractivity contribution is -0.113. The van der Waals surface area contributed by atoms with Crippen molar-refractivity contribution in [2.75, 3.05) is 0 Å². The fraction of sp³-hybridized carbons (Fsp3) is 0.727. The lowest BCUT2D eigenvalue weighted by Crippen LogP contribution is -2.05. The molecule has 0 radical (unpaired) electrons. The minimum atomic E-state index is 0.297. The molecule has 0 bridgehead atoms. The first-order valence-electron chi connectivity index (χ1n) is 4.67. The molecule has 1 saturated carbocycles. The molecule has 2 aliphatic carbocycles. The van der Waals surface area contributed by atoms with E-state index < -0.39 is 0 Å². The van der Waals surface area contributed by atoms with Crippen molar-refractivity contribution in [3.8, 4) is 0 Å².